The van der Waals surface area contributed by atoms with Crippen molar-refractivity contribution >= 4 is 5.78 Å². The number of carbonyl (C=O) groups excluding carboxylic acids is 1. The molecule has 2 unspecified atom stereocenters. The Morgan fingerprint density at radius 1 is 1.43 bits per heavy atom. The summed E-state index contributed by atoms with van der Waals surface area (Å²) in [6.07, 6.45) is 5.12. The van der Waals surface area contributed by atoms with Gasteiger partial charge in [-0.15, -0.1) is 0 Å². The standard InChI is InChI=1S/C11H20N2O/c12-7-9-4-5-13(8-9)10-2-1-3-11(14)6-10/h9-10H,1-8,12H2. The maximum absolute atomic E-state index is 11.3. The van der Waals surface area contributed by atoms with E-state index in [1.54, 1.807) is 0 Å². The topological polar surface area (TPSA) is 46.3 Å². The Hall–Kier alpha value is -0.410. The van der Waals surface area contributed by atoms with E-state index in [0.717, 1.165) is 38.9 Å². The molecule has 3 nitrogen and oxygen atoms in total. The molecule has 0 aromatic carbocycles. The number of hydrogen-bond donors (Lipinski definition) is 1. The first-order chi connectivity index (χ1) is 6.79. The minimum atomic E-state index is 0.456. The number of rotatable bonds is 2. The third kappa shape index (κ3) is 2.15. The van der Waals surface area contributed by atoms with Crippen LogP contribution in [-0.2, 0) is 4.79 Å². The zero-order valence-electron chi connectivity index (χ0n) is 8.74. The number of ketones is 1. The highest BCUT2D eigenvalue weighted by molar-refractivity contribution is 5.79. The third-order valence-electron chi connectivity index (χ3n) is 3.62. The molecule has 2 rings (SSSR count). The molecule has 1 aliphatic heterocycles. The molecule has 0 aromatic rings. The monoisotopic (exact) mass is 196 g/mol. The molecule has 1 heterocycles. The smallest absolute Gasteiger partial charge is 0.134 e. The van der Waals surface area contributed by atoms with E-state index in [0.29, 0.717) is 17.7 Å². The molecule has 2 aliphatic rings. The Morgan fingerprint density at radius 3 is 2.93 bits per heavy atom. The van der Waals surface area contributed by atoms with Crippen molar-refractivity contribution in [1.82, 2.24) is 4.90 Å². The molecule has 1 aliphatic carbocycles. The molecule has 0 spiro atoms. The van der Waals surface area contributed by atoms with Crippen LogP contribution >= 0.6 is 0 Å². The van der Waals surface area contributed by atoms with E-state index in [4.69, 9.17) is 5.73 Å². The Labute approximate surface area is 85.6 Å². The Bertz CT molecular complexity index is 217. The average Bonchev–Trinajstić information content (AvgIpc) is 2.66. The summed E-state index contributed by atoms with van der Waals surface area (Å²) in [5, 5.41) is 0. The van der Waals surface area contributed by atoms with E-state index in [-0.39, 0.29) is 0 Å². The first kappa shape index (κ1) is 10.1. The second kappa shape index (κ2) is 4.41. The summed E-state index contributed by atoms with van der Waals surface area (Å²) >= 11 is 0. The second-order valence-electron chi connectivity index (χ2n) is 4.67. The maximum atomic E-state index is 11.3. The Balaban J connectivity index is 1.86. The Kier molecular flexibility index (Phi) is 3.19. The lowest BCUT2D eigenvalue weighted by molar-refractivity contribution is -0.121. The van der Waals surface area contributed by atoms with E-state index in [9.17, 15) is 4.79 Å². The van der Waals surface area contributed by atoms with Crippen molar-refractivity contribution in [2.24, 2.45) is 11.7 Å². The molecule has 1 saturated carbocycles. The lowest BCUT2D eigenvalue weighted by Crippen LogP contribution is -2.37. The summed E-state index contributed by atoms with van der Waals surface area (Å²) in [6, 6.07) is 0.535. The van der Waals surface area contributed by atoms with E-state index >= 15 is 0 Å². The molecule has 3 heteroatoms. The molecule has 0 radical (unpaired) electrons. The van der Waals surface area contributed by atoms with Crippen LogP contribution in [0.4, 0.5) is 0 Å². The predicted molar refractivity (Wildman–Crippen MR) is 56.0 cm³/mol. The lowest BCUT2D eigenvalue weighted by Gasteiger charge is -2.30. The summed E-state index contributed by atoms with van der Waals surface area (Å²) in [5.74, 6) is 1.13. The van der Waals surface area contributed by atoms with E-state index in [1.807, 2.05) is 0 Å². The van der Waals surface area contributed by atoms with Crippen molar-refractivity contribution in [2.75, 3.05) is 19.6 Å². The zero-order valence-corrected chi connectivity index (χ0v) is 8.74. The molecule has 14 heavy (non-hydrogen) atoms. The van der Waals surface area contributed by atoms with Crippen molar-refractivity contribution in [3.05, 3.63) is 0 Å². The zero-order chi connectivity index (χ0) is 9.97. The van der Waals surface area contributed by atoms with Crippen LogP contribution in [0.15, 0.2) is 0 Å². The van der Waals surface area contributed by atoms with Crippen LogP contribution < -0.4 is 5.73 Å². The first-order valence-corrected chi connectivity index (χ1v) is 5.75. The minimum absolute atomic E-state index is 0.456. The highest BCUT2D eigenvalue weighted by Crippen LogP contribution is 2.25. The largest absolute Gasteiger partial charge is 0.330 e. The van der Waals surface area contributed by atoms with Gasteiger partial charge in [0.2, 0.25) is 0 Å². The van der Waals surface area contributed by atoms with Crippen LogP contribution in [0.2, 0.25) is 0 Å². The van der Waals surface area contributed by atoms with Crippen LogP contribution in [-0.4, -0.2) is 36.4 Å². The molecule has 1 saturated heterocycles. The number of nitrogens with zero attached hydrogens (tertiary/aromatic N) is 1. The Morgan fingerprint density at radius 2 is 2.29 bits per heavy atom. The minimum Gasteiger partial charge on any atom is -0.330 e. The van der Waals surface area contributed by atoms with Gasteiger partial charge in [0.1, 0.15) is 5.78 Å². The molecule has 2 N–H and O–H groups in total. The second-order valence-corrected chi connectivity index (χ2v) is 4.67. The van der Waals surface area contributed by atoms with Crippen LogP contribution in [0.3, 0.4) is 0 Å². The van der Waals surface area contributed by atoms with Gasteiger partial charge < -0.3 is 5.73 Å². The van der Waals surface area contributed by atoms with E-state index in [1.165, 1.54) is 12.8 Å². The number of nitrogens with two attached hydrogens (primary N) is 1. The summed E-state index contributed by atoms with van der Waals surface area (Å²) < 4.78 is 0. The van der Waals surface area contributed by atoms with Gasteiger partial charge in [-0.05, 0) is 38.3 Å². The fourth-order valence-electron chi connectivity index (χ4n) is 2.70. The summed E-state index contributed by atoms with van der Waals surface area (Å²) in [7, 11) is 0. The highest BCUT2D eigenvalue weighted by Gasteiger charge is 2.30. The van der Waals surface area contributed by atoms with E-state index in [2.05, 4.69) is 4.90 Å². The van der Waals surface area contributed by atoms with Crippen LogP contribution in [0, 0.1) is 5.92 Å². The van der Waals surface area contributed by atoms with Gasteiger partial charge in [0.25, 0.3) is 0 Å². The average molecular weight is 196 g/mol. The van der Waals surface area contributed by atoms with Crippen molar-refractivity contribution < 1.29 is 4.79 Å². The van der Waals surface area contributed by atoms with Crippen LogP contribution in [0.25, 0.3) is 0 Å². The predicted octanol–water partition coefficient (Wildman–Crippen LogP) is 0.779. The van der Waals surface area contributed by atoms with Crippen molar-refractivity contribution in [3.8, 4) is 0 Å². The maximum Gasteiger partial charge on any atom is 0.134 e. The number of likely N-dealkylation sites (tertiary alicyclic amines) is 1. The van der Waals surface area contributed by atoms with Gasteiger partial charge in [0.05, 0.1) is 0 Å². The molecular formula is C11H20N2O. The molecule has 0 aromatic heterocycles. The first-order valence-electron chi connectivity index (χ1n) is 5.75. The van der Waals surface area contributed by atoms with Crippen LogP contribution in [0.5, 0.6) is 0 Å². The highest BCUT2D eigenvalue weighted by atomic mass is 16.1. The summed E-state index contributed by atoms with van der Waals surface area (Å²) in [5.41, 5.74) is 5.66. The molecule has 0 amide bonds. The van der Waals surface area contributed by atoms with Gasteiger partial charge in [-0.3, -0.25) is 9.69 Å². The quantitative estimate of drug-likeness (QED) is 0.710. The SMILES string of the molecule is NCC1CCN(C2CCCC(=O)C2)C1. The fraction of sp³-hybridized carbons (Fsp3) is 0.909. The van der Waals surface area contributed by atoms with Crippen molar-refractivity contribution in [2.45, 2.75) is 38.1 Å². The number of carbonyl (C=O) groups is 1. The fourth-order valence-corrected chi connectivity index (χ4v) is 2.70. The summed E-state index contributed by atoms with van der Waals surface area (Å²) in [4.78, 5) is 13.8. The number of Topliss-reactive ketones (excluding diaryl/α,β-unsaturated/α-hetero) is 1. The van der Waals surface area contributed by atoms with E-state index < -0.39 is 0 Å². The normalized spacial score (nSPS) is 35.1. The van der Waals surface area contributed by atoms with Crippen molar-refractivity contribution in [1.29, 1.82) is 0 Å². The number of hydrogen-bond acceptors (Lipinski definition) is 3. The third-order valence-corrected chi connectivity index (χ3v) is 3.62. The molecule has 0 bridgehead atoms. The lowest BCUT2D eigenvalue weighted by atomic mass is 9.93. The summed E-state index contributed by atoms with van der Waals surface area (Å²) in [6.45, 7) is 3.07. The van der Waals surface area contributed by atoms with Gasteiger partial charge in [-0.25, -0.2) is 0 Å². The van der Waals surface area contributed by atoms with Crippen molar-refractivity contribution in [3.63, 3.8) is 0 Å². The van der Waals surface area contributed by atoms with Gasteiger partial charge in [0.15, 0.2) is 0 Å². The van der Waals surface area contributed by atoms with Gasteiger partial charge >= 0.3 is 0 Å². The molecule has 2 fully saturated rings. The molecule has 2 atom stereocenters. The molecular weight excluding hydrogens is 176 g/mol. The van der Waals surface area contributed by atoms with Crippen LogP contribution in [0.1, 0.15) is 32.1 Å². The van der Waals surface area contributed by atoms with Gasteiger partial charge in [-0.2, -0.15) is 0 Å². The van der Waals surface area contributed by atoms with Gasteiger partial charge in [-0.1, -0.05) is 0 Å². The van der Waals surface area contributed by atoms with Gasteiger partial charge in [0, 0.05) is 25.4 Å². The molecule has 80 valence electrons.